The fourth-order valence-corrected chi connectivity index (χ4v) is 3.06. The monoisotopic (exact) mass is 344 g/mol. The summed E-state index contributed by atoms with van der Waals surface area (Å²) in [6.07, 6.45) is 0.686. The van der Waals surface area contributed by atoms with Gasteiger partial charge < -0.3 is 0 Å². The van der Waals surface area contributed by atoms with Gasteiger partial charge in [-0.25, -0.2) is 9.40 Å². The second-order valence-corrected chi connectivity index (χ2v) is 6.18. The molecule has 0 atom stereocenters. The third-order valence-corrected chi connectivity index (χ3v) is 4.43. The van der Waals surface area contributed by atoms with Gasteiger partial charge in [-0.1, -0.05) is 60.7 Å². The van der Waals surface area contributed by atoms with Crippen LogP contribution in [0.1, 0.15) is 22.3 Å². The van der Waals surface area contributed by atoms with Crippen LogP contribution in [0.25, 0.3) is 11.1 Å². The minimum Gasteiger partial charge on any atom is -0.267 e. The number of rotatable bonds is 3. The van der Waals surface area contributed by atoms with Crippen LogP contribution in [0.2, 0.25) is 0 Å². The number of hydrazone groups is 1. The lowest BCUT2D eigenvalue weighted by molar-refractivity contribution is 0.0778. The SMILES string of the molecule is O=C(c1cccc(F)c1)N1CCC(c2ccc(-c3ccccc3)cc2)=N1. The van der Waals surface area contributed by atoms with Crippen molar-refractivity contribution in [2.24, 2.45) is 5.10 Å². The minimum absolute atomic E-state index is 0.277. The summed E-state index contributed by atoms with van der Waals surface area (Å²) in [6, 6.07) is 24.0. The lowest BCUT2D eigenvalue weighted by Gasteiger charge is -2.11. The molecule has 3 nitrogen and oxygen atoms in total. The number of benzene rings is 3. The largest absolute Gasteiger partial charge is 0.274 e. The molecule has 1 aliphatic heterocycles. The van der Waals surface area contributed by atoms with Gasteiger partial charge in [0.1, 0.15) is 5.82 Å². The molecule has 0 radical (unpaired) electrons. The fourth-order valence-electron chi connectivity index (χ4n) is 3.06. The van der Waals surface area contributed by atoms with Crippen LogP contribution in [0.5, 0.6) is 0 Å². The van der Waals surface area contributed by atoms with Crippen molar-refractivity contribution in [2.45, 2.75) is 6.42 Å². The number of amides is 1. The van der Waals surface area contributed by atoms with E-state index in [0.29, 0.717) is 18.5 Å². The van der Waals surface area contributed by atoms with Crippen molar-refractivity contribution in [3.05, 3.63) is 95.8 Å². The summed E-state index contributed by atoms with van der Waals surface area (Å²) in [5, 5.41) is 5.86. The van der Waals surface area contributed by atoms with Crippen molar-refractivity contribution in [1.82, 2.24) is 5.01 Å². The number of carbonyl (C=O) groups is 1. The van der Waals surface area contributed by atoms with Crippen LogP contribution in [0.3, 0.4) is 0 Å². The molecule has 0 saturated carbocycles. The summed E-state index contributed by atoms with van der Waals surface area (Å²) >= 11 is 0. The summed E-state index contributed by atoms with van der Waals surface area (Å²) in [5.74, 6) is -0.698. The predicted octanol–water partition coefficient (Wildman–Crippen LogP) is 4.74. The maximum atomic E-state index is 13.3. The smallest absolute Gasteiger partial charge is 0.267 e. The number of hydrogen-bond acceptors (Lipinski definition) is 2. The molecule has 4 heteroatoms. The minimum atomic E-state index is -0.421. The topological polar surface area (TPSA) is 32.7 Å². The molecule has 0 aromatic heterocycles. The molecular formula is C22H17FN2O. The third kappa shape index (κ3) is 3.26. The van der Waals surface area contributed by atoms with E-state index in [9.17, 15) is 9.18 Å². The molecule has 0 fully saturated rings. The van der Waals surface area contributed by atoms with E-state index in [-0.39, 0.29) is 5.91 Å². The van der Waals surface area contributed by atoms with Crippen molar-refractivity contribution in [3.63, 3.8) is 0 Å². The van der Waals surface area contributed by atoms with E-state index in [4.69, 9.17) is 0 Å². The quantitative estimate of drug-likeness (QED) is 0.675. The molecule has 0 spiro atoms. The van der Waals surface area contributed by atoms with Gasteiger partial charge in [-0.2, -0.15) is 5.10 Å². The Morgan fingerprint density at radius 1 is 0.846 bits per heavy atom. The molecule has 1 heterocycles. The Labute approximate surface area is 151 Å². The van der Waals surface area contributed by atoms with Crippen molar-refractivity contribution >= 4 is 11.6 Å². The Morgan fingerprint density at radius 2 is 1.54 bits per heavy atom. The molecule has 1 aliphatic rings. The van der Waals surface area contributed by atoms with Crippen LogP contribution >= 0.6 is 0 Å². The molecule has 0 unspecified atom stereocenters. The fraction of sp³-hybridized carbons (Fsp3) is 0.0909. The molecule has 0 N–H and O–H groups in total. The number of carbonyl (C=O) groups excluding carboxylic acids is 1. The number of nitrogens with zero attached hydrogens (tertiary/aromatic N) is 2. The van der Waals surface area contributed by atoms with Gasteiger partial charge in [0.25, 0.3) is 5.91 Å². The van der Waals surface area contributed by atoms with E-state index >= 15 is 0 Å². The summed E-state index contributed by atoms with van der Waals surface area (Å²) in [6.45, 7) is 0.505. The van der Waals surface area contributed by atoms with E-state index in [2.05, 4.69) is 29.4 Å². The van der Waals surface area contributed by atoms with E-state index in [1.807, 2.05) is 30.3 Å². The van der Waals surface area contributed by atoms with Gasteiger partial charge in [0.15, 0.2) is 0 Å². The predicted molar refractivity (Wildman–Crippen MR) is 100 cm³/mol. The Kier molecular flexibility index (Phi) is 4.32. The van der Waals surface area contributed by atoms with Gasteiger partial charge in [0.2, 0.25) is 0 Å². The van der Waals surface area contributed by atoms with Gasteiger partial charge in [-0.15, -0.1) is 0 Å². The van der Waals surface area contributed by atoms with Gasteiger partial charge >= 0.3 is 0 Å². The second-order valence-electron chi connectivity index (χ2n) is 6.18. The standard InChI is InChI=1S/C22H17FN2O/c23-20-8-4-7-19(15-20)22(26)25-14-13-21(24-25)18-11-9-17(10-12-18)16-5-2-1-3-6-16/h1-12,15H,13-14H2. The average molecular weight is 344 g/mol. The van der Waals surface area contributed by atoms with E-state index < -0.39 is 5.82 Å². The Balaban J connectivity index is 1.54. The summed E-state index contributed by atoms with van der Waals surface area (Å²) < 4.78 is 13.3. The van der Waals surface area contributed by atoms with Crippen LogP contribution in [-0.2, 0) is 0 Å². The zero-order chi connectivity index (χ0) is 17.9. The zero-order valence-corrected chi connectivity index (χ0v) is 14.1. The van der Waals surface area contributed by atoms with Crippen LogP contribution in [0.15, 0.2) is 84.0 Å². The first-order chi connectivity index (χ1) is 12.7. The molecule has 0 aliphatic carbocycles. The lowest BCUT2D eigenvalue weighted by Crippen LogP contribution is -2.23. The van der Waals surface area contributed by atoms with Gasteiger partial charge in [0.05, 0.1) is 12.3 Å². The highest BCUT2D eigenvalue weighted by atomic mass is 19.1. The van der Waals surface area contributed by atoms with Crippen LogP contribution < -0.4 is 0 Å². The number of halogens is 1. The lowest BCUT2D eigenvalue weighted by atomic mass is 10.0. The van der Waals surface area contributed by atoms with Crippen LogP contribution in [0.4, 0.5) is 4.39 Å². The molecule has 0 saturated heterocycles. The van der Waals surface area contributed by atoms with E-state index in [1.165, 1.54) is 23.2 Å². The van der Waals surface area contributed by atoms with Crippen molar-refractivity contribution in [1.29, 1.82) is 0 Å². The Hall–Kier alpha value is -3.27. The summed E-state index contributed by atoms with van der Waals surface area (Å²) in [4.78, 5) is 12.5. The van der Waals surface area contributed by atoms with Crippen molar-refractivity contribution in [3.8, 4) is 11.1 Å². The van der Waals surface area contributed by atoms with Gasteiger partial charge in [-0.3, -0.25) is 4.79 Å². The van der Waals surface area contributed by atoms with Crippen molar-refractivity contribution < 1.29 is 9.18 Å². The normalized spacial score (nSPS) is 13.6. The maximum Gasteiger partial charge on any atom is 0.274 e. The molecule has 26 heavy (non-hydrogen) atoms. The Bertz CT molecular complexity index is 965. The second kappa shape index (κ2) is 6.92. The summed E-state index contributed by atoms with van der Waals surface area (Å²) in [5.41, 5.74) is 4.49. The maximum absolute atomic E-state index is 13.3. The van der Waals surface area contributed by atoms with Crippen LogP contribution in [0, 0.1) is 5.82 Å². The first-order valence-electron chi connectivity index (χ1n) is 8.51. The van der Waals surface area contributed by atoms with Gasteiger partial charge in [-0.05, 0) is 34.9 Å². The van der Waals surface area contributed by atoms with Gasteiger partial charge in [0, 0.05) is 12.0 Å². The van der Waals surface area contributed by atoms with E-state index in [1.54, 1.807) is 6.07 Å². The average Bonchev–Trinajstić information content (AvgIpc) is 3.18. The third-order valence-electron chi connectivity index (χ3n) is 4.43. The van der Waals surface area contributed by atoms with Crippen molar-refractivity contribution in [2.75, 3.05) is 6.54 Å². The number of hydrogen-bond donors (Lipinski definition) is 0. The molecule has 1 amide bonds. The molecule has 4 rings (SSSR count). The molecule has 3 aromatic carbocycles. The first-order valence-corrected chi connectivity index (χ1v) is 8.51. The van der Waals surface area contributed by atoms with E-state index in [0.717, 1.165) is 22.4 Å². The highest BCUT2D eigenvalue weighted by Crippen LogP contribution is 2.22. The molecular weight excluding hydrogens is 327 g/mol. The zero-order valence-electron chi connectivity index (χ0n) is 14.1. The first kappa shape index (κ1) is 16.2. The molecule has 3 aromatic rings. The summed E-state index contributed by atoms with van der Waals surface area (Å²) in [7, 11) is 0. The Morgan fingerprint density at radius 3 is 2.27 bits per heavy atom. The molecule has 128 valence electrons. The van der Waals surface area contributed by atoms with Crippen LogP contribution in [-0.4, -0.2) is 23.2 Å². The highest BCUT2D eigenvalue weighted by molar-refractivity contribution is 6.04. The molecule has 0 bridgehead atoms. The highest BCUT2D eigenvalue weighted by Gasteiger charge is 2.23.